The van der Waals surface area contributed by atoms with Gasteiger partial charge in [0.1, 0.15) is 5.82 Å². The molecule has 3 rings (SSSR count). The Labute approximate surface area is 130 Å². The van der Waals surface area contributed by atoms with Gasteiger partial charge in [-0.25, -0.2) is 9.97 Å². The minimum atomic E-state index is 0.308. The van der Waals surface area contributed by atoms with Crippen molar-refractivity contribution in [1.82, 2.24) is 9.97 Å². The molecule has 0 amide bonds. The number of methoxy groups -OCH3 is 1. The van der Waals surface area contributed by atoms with Gasteiger partial charge in [-0.05, 0) is 6.92 Å². The third-order valence-electron chi connectivity index (χ3n) is 3.75. The van der Waals surface area contributed by atoms with Crippen LogP contribution in [0.2, 0.25) is 0 Å². The third-order valence-corrected chi connectivity index (χ3v) is 3.75. The zero-order valence-corrected chi connectivity index (χ0v) is 13.0. The monoisotopic (exact) mass is 299 g/mol. The van der Waals surface area contributed by atoms with Crippen LogP contribution in [0, 0.1) is 0 Å². The van der Waals surface area contributed by atoms with Gasteiger partial charge in [-0.1, -0.05) is 30.3 Å². The highest BCUT2D eigenvalue weighted by Crippen LogP contribution is 2.23. The molecule has 0 radical (unpaired) electrons. The van der Waals surface area contributed by atoms with Gasteiger partial charge in [0, 0.05) is 25.3 Å². The highest BCUT2D eigenvalue weighted by molar-refractivity contribution is 5.58. The molecule has 1 aliphatic heterocycles. The molecule has 1 atom stereocenters. The molecule has 22 heavy (non-hydrogen) atoms. The predicted octanol–water partition coefficient (Wildman–Crippen LogP) is 2.52. The van der Waals surface area contributed by atoms with E-state index in [1.165, 1.54) is 0 Å². The molecule has 0 spiro atoms. The normalized spacial score (nSPS) is 18.5. The second-order valence-corrected chi connectivity index (χ2v) is 5.46. The number of aromatic nitrogens is 2. The van der Waals surface area contributed by atoms with E-state index in [-0.39, 0.29) is 0 Å². The van der Waals surface area contributed by atoms with Gasteiger partial charge in [0.05, 0.1) is 31.6 Å². The van der Waals surface area contributed by atoms with Crippen molar-refractivity contribution in [2.75, 3.05) is 31.8 Å². The van der Waals surface area contributed by atoms with Gasteiger partial charge in [0.2, 0.25) is 0 Å². The van der Waals surface area contributed by atoms with Gasteiger partial charge in [-0.2, -0.15) is 0 Å². The molecule has 0 unspecified atom stereocenters. The molecule has 116 valence electrons. The fourth-order valence-electron chi connectivity index (χ4n) is 2.64. The van der Waals surface area contributed by atoms with Crippen molar-refractivity contribution >= 4 is 5.82 Å². The van der Waals surface area contributed by atoms with Crippen molar-refractivity contribution in [3.05, 3.63) is 42.1 Å². The molecule has 0 saturated carbocycles. The Kier molecular flexibility index (Phi) is 4.65. The summed E-state index contributed by atoms with van der Waals surface area (Å²) in [5.41, 5.74) is 1.91. The molecule has 1 aromatic carbocycles. The van der Waals surface area contributed by atoms with Crippen LogP contribution in [-0.4, -0.2) is 42.9 Å². The Hall–Kier alpha value is -1.98. The standard InChI is InChI=1S/C17H21N3O2/c1-13-11-22-9-8-20(13)16-10-15(12-21-2)18-17(19-16)14-6-4-3-5-7-14/h3-7,10,13H,8-9,11-12H2,1-2H3/t13-/m0/s1. The van der Waals surface area contributed by atoms with Crippen LogP contribution in [0.3, 0.4) is 0 Å². The predicted molar refractivity (Wildman–Crippen MR) is 85.8 cm³/mol. The van der Waals surface area contributed by atoms with Gasteiger partial charge in [-0.15, -0.1) is 0 Å². The SMILES string of the molecule is COCc1cc(N2CCOC[C@@H]2C)nc(-c2ccccc2)n1. The van der Waals surface area contributed by atoms with Gasteiger partial charge in [0.15, 0.2) is 5.82 Å². The number of benzene rings is 1. The molecule has 1 aromatic heterocycles. The van der Waals surface area contributed by atoms with E-state index >= 15 is 0 Å². The van der Waals surface area contributed by atoms with E-state index in [1.807, 2.05) is 36.4 Å². The molecule has 2 heterocycles. The molecular formula is C17H21N3O2. The molecule has 5 heteroatoms. The van der Waals surface area contributed by atoms with E-state index in [2.05, 4.69) is 16.8 Å². The topological polar surface area (TPSA) is 47.5 Å². The summed E-state index contributed by atoms with van der Waals surface area (Å²) in [5, 5.41) is 0. The summed E-state index contributed by atoms with van der Waals surface area (Å²) in [5.74, 6) is 1.68. The van der Waals surface area contributed by atoms with Gasteiger partial charge in [0.25, 0.3) is 0 Å². The van der Waals surface area contributed by atoms with Crippen LogP contribution in [0.1, 0.15) is 12.6 Å². The van der Waals surface area contributed by atoms with Crippen molar-refractivity contribution < 1.29 is 9.47 Å². The second-order valence-electron chi connectivity index (χ2n) is 5.46. The first-order chi connectivity index (χ1) is 10.8. The lowest BCUT2D eigenvalue weighted by molar-refractivity contribution is 0.0985. The molecule has 0 N–H and O–H groups in total. The van der Waals surface area contributed by atoms with Crippen LogP contribution in [0.5, 0.6) is 0 Å². The number of anilines is 1. The summed E-state index contributed by atoms with van der Waals surface area (Å²) in [7, 11) is 1.68. The largest absolute Gasteiger partial charge is 0.378 e. The molecule has 2 aromatic rings. The third kappa shape index (κ3) is 3.26. The number of hydrogen-bond acceptors (Lipinski definition) is 5. The summed E-state index contributed by atoms with van der Waals surface area (Å²) < 4.78 is 10.8. The van der Waals surface area contributed by atoms with Crippen LogP contribution >= 0.6 is 0 Å². The second kappa shape index (κ2) is 6.85. The Morgan fingerprint density at radius 3 is 2.82 bits per heavy atom. The molecule has 5 nitrogen and oxygen atoms in total. The lowest BCUT2D eigenvalue weighted by Gasteiger charge is -2.34. The number of nitrogens with zero attached hydrogens (tertiary/aromatic N) is 3. The van der Waals surface area contributed by atoms with Crippen LogP contribution in [0.15, 0.2) is 36.4 Å². The fraction of sp³-hybridized carbons (Fsp3) is 0.412. The Morgan fingerprint density at radius 2 is 2.09 bits per heavy atom. The highest BCUT2D eigenvalue weighted by atomic mass is 16.5. The van der Waals surface area contributed by atoms with E-state index < -0.39 is 0 Å². The van der Waals surface area contributed by atoms with Crippen LogP contribution < -0.4 is 4.90 Å². The Balaban J connectivity index is 2.00. The number of hydrogen-bond donors (Lipinski definition) is 0. The summed E-state index contributed by atoms with van der Waals surface area (Å²) in [6.07, 6.45) is 0. The van der Waals surface area contributed by atoms with Crippen molar-refractivity contribution in [1.29, 1.82) is 0 Å². The zero-order chi connectivity index (χ0) is 15.4. The fourth-order valence-corrected chi connectivity index (χ4v) is 2.64. The summed E-state index contributed by atoms with van der Waals surface area (Å²) in [6, 6.07) is 12.4. The number of ether oxygens (including phenoxy) is 2. The van der Waals surface area contributed by atoms with Crippen LogP contribution in [-0.2, 0) is 16.1 Å². The first-order valence-electron chi connectivity index (χ1n) is 7.54. The first-order valence-corrected chi connectivity index (χ1v) is 7.54. The zero-order valence-electron chi connectivity index (χ0n) is 13.0. The summed E-state index contributed by atoms with van der Waals surface area (Å²) in [6.45, 7) is 4.94. The van der Waals surface area contributed by atoms with Gasteiger partial charge in [-0.3, -0.25) is 0 Å². The minimum absolute atomic E-state index is 0.308. The average Bonchev–Trinajstić information content (AvgIpc) is 2.56. The maximum absolute atomic E-state index is 5.52. The Morgan fingerprint density at radius 1 is 1.27 bits per heavy atom. The minimum Gasteiger partial charge on any atom is -0.378 e. The molecule has 1 aliphatic rings. The lowest BCUT2D eigenvalue weighted by atomic mass is 10.2. The number of morpholine rings is 1. The summed E-state index contributed by atoms with van der Waals surface area (Å²) >= 11 is 0. The van der Waals surface area contributed by atoms with E-state index in [4.69, 9.17) is 14.5 Å². The Bertz CT molecular complexity index is 619. The van der Waals surface area contributed by atoms with Crippen molar-refractivity contribution in [2.24, 2.45) is 0 Å². The molecular weight excluding hydrogens is 278 g/mol. The van der Waals surface area contributed by atoms with E-state index in [9.17, 15) is 0 Å². The average molecular weight is 299 g/mol. The molecule has 1 saturated heterocycles. The van der Waals surface area contributed by atoms with Crippen LogP contribution in [0.25, 0.3) is 11.4 Å². The maximum Gasteiger partial charge on any atom is 0.161 e. The molecule has 0 aliphatic carbocycles. The van der Waals surface area contributed by atoms with E-state index in [1.54, 1.807) is 7.11 Å². The molecule has 0 bridgehead atoms. The van der Waals surface area contributed by atoms with Crippen molar-refractivity contribution in [2.45, 2.75) is 19.6 Å². The van der Waals surface area contributed by atoms with E-state index in [0.717, 1.165) is 42.7 Å². The smallest absolute Gasteiger partial charge is 0.161 e. The van der Waals surface area contributed by atoms with Crippen molar-refractivity contribution in [3.63, 3.8) is 0 Å². The quantitative estimate of drug-likeness (QED) is 0.868. The maximum atomic E-state index is 5.52. The lowest BCUT2D eigenvalue weighted by Crippen LogP contribution is -2.44. The van der Waals surface area contributed by atoms with E-state index in [0.29, 0.717) is 12.6 Å². The summed E-state index contributed by atoms with van der Waals surface area (Å²) in [4.78, 5) is 11.7. The van der Waals surface area contributed by atoms with Gasteiger partial charge >= 0.3 is 0 Å². The van der Waals surface area contributed by atoms with Gasteiger partial charge < -0.3 is 14.4 Å². The van der Waals surface area contributed by atoms with Crippen molar-refractivity contribution in [3.8, 4) is 11.4 Å². The van der Waals surface area contributed by atoms with Crippen LogP contribution in [0.4, 0.5) is 5.82 Å². The first kappa shape index (κ1) is 14.9. The highest BCUT2D eigenvalue weighted by Gasteiger charge is 2.21. The molecule has 1 fully saturated rings. The number of rotatable bonds is 4.